The molecular formula is C23H36F3N5O5S. The van der Waals surface area contributed by atoms with E-state index < -0.39 is 57.3 Å². The zero-order chi connectivity index (χ0) is 28.3. The quantitative estimate of drug-likeness (QED) is 0.418. The largest absolute Gasteiger partial charge is 0.511 e. The Bertz CT molecular complexity index is 1020. The molecule has 2 saturated heterocycles. The van der Waals surface area contributed by atoms with E-state index in [1.807, 2.05) is 26.8 Å². The molecule has 0 aliphatic carbocycles. The van der Waals surface area contributed by atoms with Gasteiger partial charge in [-0.25, -0.2) is 8.42 Å². The fraction of sp³-hybridized carbons (Fsp3) is 0.826. The number of alkyl halides is 3. The summed E-state index contributed by atoms with van der Waals surface area (Å²) < 4.78 is 64.1. The molecule has 3 N–H and O–H groups in total. The minimum Gasteiger partial charge on any atom is -0.356 e. The molecule has 0 bridgehead atoms. The molecule has 2 heterocycles. The third-order valence-corrected chi connectivity index (χ3v) is 8.26. The van der Waals surface area contributed by atoms with Gasteiger partial charge in [-0.3, -0.25) is 14.4 Å². The summed E-state index contributed by atoms with van der Waals surface area (Å²) in [6.45, 7) is 9.20. The predicted molar refractivity (Wildman–Crippen MR) is 128 cm³/mol. The normalized spacial score (nSPS) is 24.8. The molecule has 37 heavy (non-hydrogen) atoms. The lowest BCUT2D eigenvalue weighted by Crippen LogP contribution is -2.61. The van der Waals surface area contributed by atoms with Crippen LogP contribution in [0.5, 0.6) is 0 Å². The number of hydrogen-bond donors (Lipinski definition) is 3. The average molecular weight is 552 g/mol. The number of rotatable bonds is 8. The van der Waals surface area contributed by atoms with Gasteiger partial charge in [-0.05, 0) is 42.9 Å². The molecule has 0 radical (unpaired) electrons. The van der Waals surface area contributed by atoms with Crippen molar-refractivity contribution in [3.8, 4) is 6.07 Å². The maximum Gasteiger partial charge on any atom is 0.511 e. The second kappa shape index (κ2) is 11.6. The van der Waals surface area contributed by atoms with Crippen molar-refractivity contribution in [1.82, 2.24) is 20.3 Å². The average Bonchev–Trinajstić information content (AvgIpc) is 3.18. The standard InChI is InChI=1S/C23H36F3N5O5S/c1-13(2)18(30-37(35,36)23(24,25)26)21(34)31-9-7-15(22(3,4)5)11-17(31)20(33)29-16(12-27)10-14-6-8-28-19(14)32/h13-18,30H,6-11H2,1-5H3,(H,28,32)(H,29,33)/t14-,15+,16-,17-,18?/m0/s1. The summed E-state index contributed by atoms with van der Waals surface area (Å²) in [7, 11) is -5.82. The third kappa shape index (κ3) is 7.56. The van der Waals surface area contributed by atoms with Gasteiger partial charge in [0.15, 0.2) is 0 Å². The molecule has 10 nitrogen and oxygen atoms in total. The zero-order valence-electron chi connectivity index (χ0n) is 21.7. The van der Waals surface area contributed by atoms with Crippen LogP contribution < -0.4 is 15.4 Å². The van der Waals surface area contributed by atoms with Gasteiger partial charge in [-0.2, -0.15) is 23.2 Å². The molecule has 2 aliphatic rings. The highest BCUT2D eigenvalue weighted by Crippen LogP contribution is 2.37. The second-order valence-electron chi connectivity index (χ2n) is 11.1. The molecule has 210 valence electrons. The van der Waals surface area contributed by atoms with E-state index in [0.717, 1.165) is 4.90 Å². The molecule has 0 aromatic heterocycles. The molecule has 0 saturated carbocycles. The number of nitrogens with one attached hydrogen (secondary N) is 3. The van der Waals surface area contributed by atoms with Crippen molar-refractivity contribution in [2.45, 2.75) is 83.9 Å². The number of sulfonamides is 1. The van der Waals surface area contributed by atoms with Gasteiger partial charge in [0, 0.05) is 19.0 Å². The first-order chi connectivity index (χ1) is 16.9. The molecule has 2 rings (SSSR count). The van der Waals surface area contributed by atoms with E-state index >= 15 is 0 Å². The van der Waals surface area contributed by atoms with E-state index in [1.54, 1.807) is 0 Å². The van der Waals surface area contributed by atoms with Gasteiger partial charge >= 0.3 is 15.5 Å². The van der Waals surface area contributed by atoms with Crippen molar-refractivity contribution < 1.29 is 36.0 Å². The first-order valence-corrected chi connectivity index (χ1v) is 13.7. The zero-order valence-corrected chi connectivity index (χ0v) is 22.5. The van der Waals surface area contributed by atoms with Gasteiger partial charge in [0.25, 0.3) is 0 Å². The van der Waals surface area contributed by atoms with Crippen molar-refractivity contribution in [3.05, 3.63) is 0 Å². The first kappa shape index (κ1) is 30.8. The maximum atomic E-state index is 13.4. The molecule has 14 heteroatoms. The lowest BCUT2D eigenvalue weighted by Gasteiger charge is -2.44. The van der Waals surface area contributed by atoms with E-state index in [-0.39, 0.29) is 36.6 Å². The van der Waals surface area contributed by atoms with Crippen molar-refractivity contribution >= 4 is 27.7 Å². The Morgan fingerprint density at radius 3 is 2.30 bits per heavy atom. The highest BCUT2D eigenvalue weighted by Gasteiger charge is 2.50. The van der Waals surface area contributed by atoms with Gasteiger partial charge < -0.3 is 15.5 Å². The number of halogens is 3. The molecule has 2 aliphatic heterocycles. The number of hydrogen-bond acceptors (Lipinski definition) is 6. The van der Waals surface area contributed by atoms with E-state index in [4.69, 9.17) is 0 Å². The van der Waals surface area contributed by atoms with Gasteiger partial charge in [-0.1, -0.05) is 34.6 Å². The lowest BCUT2D eigenvalue weighted by atomic mass is 9.73. The summed E-state index contributed by atoms with van der Waals surface area (Å²) in [5.74, 6) is -3.15. The predicted octanol–water partition coefficient (Wildman–Crippen LogP) is 1.64. The third-order valence-electron chi connectivity index (χ3n) is 7.09. The monoisotopic (exact) mass is 551 g/mol. The van der Waals surface area contributed by atoms with Gasteiger partial charge in [-0.15, -0.1) is 0 Å². The summed E-state index contributed by atoms with van der Waals surface area (Å²) in [6, 6.07) is -1.93. The Kier molecular flexibility index (Phi) is 9.62. The molecule has 0 aromatic carbocycles. The SMILES string of the molecule is CC(C)C(NS(=O)(=O)C(F)(F)F)C(=O)N1CC[C@@H](C(C)(C)C)C[C@H]1C(=O)N[C@H](C#N)C[C@@H]1CCNC1=O. The first-order valence-electron chi connectivity index (χ1n) is 12.3. The summed E-state index contributed by atoms with van der Waals surface area (Å²) in [6.07, 6.45) is 1.24. The van der Waals surface area contributed by atoms with Crippen LogP contribution in [0.25, 0.3) is 0 Å². The molecule has 5 atom stereocenters. The number of carbonyl (C=O) groups is 3. The second-order valence-corrected chi connectivity index (χ2v) is 12.8. The maximum absolute atomic E-state index is 13.4. The summed E-state index contributed by atoms with van der Waals surface area (Å²) in [5, 5.41) is 14.8. The summed E-state index contributed by atoms with van der Waals surface area (Å²) >= 11 is 0. The van der Waals surface area contributed by atoms with Crippen LogP contribution in [0, 0.1) is 34.5 Å². The summed E-state index contributed by atoms with van der Waals surface area (Å²) in [5.41, 5.74) is -5.86. The number of nitrogens with zero attached hydrogens (tertiary/aromatic N) is 2. The molecule has 3 amide bonds. The van der Waals surface area contributed by atoms with Crippen LogP contribution in [-0.4, -0.2) is 67.8 Å². The van der Waals surface area contributed by atoms with Crippen LogP contribution in [0.3, 0.4) is 0 Å². The molecule has 2 fully saturated rings. The number of carbonyl (C=O) groups excluding carboxylic acids is 3. The number of piperidine rings is 1. The lowest BCUT2D eigenvalue weighted by molar-refractivity contribution is -0.146. The number of nitriles is 1. The Morgan fingerprint density at radius 1 is 1.22 bits per heavy atom. The minimum atomic E-state index is -5.82. The van der Waals surface area contributed by atoms with Crippen molar-refractivity contribution in [1.29, 1.82) is 5.26 Å². The highest BCUT2D eigenvalue weighted by atomic mass is 32.2. The number of likely N-dealkylation sites (tertiary alicyclic amines) is 1. The summed E-state index contributed by atoms with van der Waals surface area (Å²) in [4.78, 5) is 39.8. The van der Waals surface area contributed by atoms with E-state index in [0.29, 0.717) is 19.4 Å². The van der Waals surface area contributed by atoms with Crippen LogP contribution in [0.2, 0.25) is 0 Å². The van der Waals surface area contributed by atoms with Crippen LogP contribution in [0.1, 0.15) is 60.3 Å². The Morgan fingerprint density at radius 2 is 1.84 bits per heavy atom. The molecular weight excluding hydrogens is 515 g/mol. The van der Waals surface area contributed by atoms with Gasteiger partial charge in [0.1, 0.15) is 18.1 Å². The molecule has 0 spiro atoms. The Hall–Kier alpha value is -2.40. The fourth-order valence-corrected chi connectivity index (χ4v) is 5.56. The number of amides is 3. The van der Waals surface area contributed by atoms with E-state index in [1.165, 1.54) is 18.6 Å². The van der Waals surface area contributed by atoms with Crippen molar-refractivity contribution in [3.63, 3.8) is 0 Å². The van der Waals surface area contributed by atoms with Crippen LogP contribution in [0.4, 0.5) is 13.2 Å². The topological polar surface area (TPSA) is 148 Å². The van der Waals surface area contributed by atoms with Crippen molar-refractivity contribution in [2.24, 2.45) is 23.2 Å². The van der Waals surface area contributed by atoms with Crippen LogP contribution in [0.15, 0.2) is 0 Å². The fourth-order valence-electron chi connectivity index (χ4n) is 4.71. The van der Waals surface area contributed by atoms with Gasteiger partial charge in [0.2, 0.25) is 17.7 Å². The van der Waals surface area contributed by atoms with Gasteiger partial charge in [0.05, 0.1) is 6.07 Å². The van der Waals surface area contributed by atoms with E-state index in [9.17, 15) is 41.2 Å². The van der Waals surface area contributed by atoms with Crippen LogP contribution >= 0.6 is 0 Å². The molecule has 0 aromatic rings. The molecule has 1 unspecified atom stereocenters. The van der Waals surface area contributed by atoms with Crippen LogP contribution in [-0.2, 0) is 24.4 Å². The van der Waals surface area contributed by atoms with E-state index in [2.05, 4.69) is 10.6 Å². The Labute approximate surface area is 215 Å². The Balaban J connectivity index is 2.32. The highest BCUT2D eigenvalue weighted by molar-refractivity contribution is 7.90. The minimum absolute atomic E-state index is 0.0259. The smallest absolute Gasteiger partial charge is 0.356 e. The van der Waals surface area contributed by atoms with Crippen molar-refractivity contribution in [2.75, 3.05) is 13.1 Å².